The highest BCUT2D eigenvalue weighted by atomic mass is 35.5. The van der Waals surface area contributed by atoms with E-state index in [0.29, 0.717) is 38.2 Å². The lowest BCUT2D eigenvalue weighted by atomic mass is 10.1. The quantitative estimate of drug-likeness (QED) is 0.773. The van der Waals surface area contributed by atoms with E-state index in [2.05, 4.69) is 0 Å². The van der Waals surface area contributed by atoms with Gasteiger partial charge in [-0.25, -0.2) is 4.39 Å². The Morgan fingerprint density at radius 1 is 1.26 bits per heavy atom. The monoisotopic (exact) mass is 344 g/mol. The highest BCUT2D eigenvalue weighted by molar-refractivity contribution is 5.85. The highest BCUT2D eigenvalue weighted by Gasteiger charge is 2.26. The van der Waals surface area contributed by atoms with E-state index in [-0.39, 0.29) is 30.2 Å². The minimum absolute atomic E-state index is 0. The molecular weight excluding hydrogens is 319 g/mol. The molecule has 6 heteroatoms. The van der Waals surface area contributed by atoms with E-state index in [9.17, 15) is 9.18 Å². The molecule has 1 aromatic carbocycles. The van der Waals surface area contributed by atoms with Gasteiger partial charge in [-0.1, -0.05) is 31.0 Å². The smallest absolute Gasteiger partial charge is 0.222 e. The summed E-state index contributed by atoms with van der Waals surface area (Å²) in [5, 5.41) is 0. The van der Waals surface area contributed by atoms with Crippen LogP contribution < -0.4 is 5.73 Å². The third kappa shape index (κ3) is 6.09. The maximum atomic E-state index is 13.8. The molecule has 1 unspecified atom stereocenters. The van der Waals surface area contributed by atoms with Crippen molar-refractivity contribution in [2.45, 2.75) is 38.2 Å². The third-order valence-corrected chi connectivity index (χ3v) is 4.02. The molecule has 2 rings (SSSR count). The largest absolute Gasteiger partial charge is 0.370 e. The Bertz CT molecular complexity index is 487. The Labute approximate surface area is 143 Å². The Kier molecular flexibility index (Phi) is 9.14. The Morgan fingerprint density at radius 2 is 2.00 bits per heavy atom. The maximum Gasteiger partial charge on any atom is 0.222 e. The highest BCUT2D eigenvalue weighted by Crippen LogP contribution is 2.25. The fraction of sp³-hybridized carbons (Fsp3) is 0.588. The van der Waals surface area contributed by atoms with Crippen molar-refractivity contribution in [3.8, 4) is 0 Å². The molecule has 2 N–H and O–H groups in total. The van der Waals surface area contributed by atoms with Crippen molar-refractivity contribution in [3.05, 3.63) is 35.6 Å². The van der Waals surface area contributed by atoms with Gasteiger partial charge in [-0.15, -0.1) is 12.4 Å². The molecule has 0 aromatic heterocycles. The van der Waals surface area contributed by atoms with Crippen LogP contribution in [-0.4, -0.2) is 37.0 Å². The molecule has 1 atom stereocenters. The van der Waals surface area contributed by atoms with Gasteiger partial charge < -0.3 is 15.4 Å². The van der Waals surface area contributed by atoms with Crippen molar-refractivity contribution < 1.29 is 13.9 Å². The number of carbonyl (C=O) groups excluding carboxylic acids is 1. The molecule has 1 amide bonds. The van der Waals surface area contributed by atoms with Crippen molar-refractivity contribution in [1.82, 2.24) is 4.90 Å². The van der Waals surface area contributed by atoms with Gasteiger partial charge in [-0.05, 0) is 25.5 Å². The molecule has 1 aromatic rings. The lowest BCUT2D eigenvalue weighted by Crippen LogP contribution is -2.42. The van der Waals surface area contributed by atoms with Crippen LogP contribution in [0.4, 0.5) is 4.39 Å². The normalized spacial score (nSPS) is 17.7. The summed E-state index contributed by atoms with van der Waals surface area (Å²) in [5.41, 5.74) is 5.98. The Balaban J connectivity index is 0.00000264. The van der Waals surface area contributed by atoms with Gasteiger partial charge in [0, 0.05) is 18.5 Å². The number of unbranched alkanes of at least 4 members (excludes halogenated alkanes) is 3. The van der Waals surface area contributed by atoms with E-state index in [1.807, 2.05) is 0 Å². The molecule has 0 radical (unpaired) electrons. The van der Waals surface area contributed by atoms with Crippen molar-refractivity contribution in [3.63, 3.8) is 0 Å². The van der Waals surface area contributed by atoms with Crippen LogP contribution in [0, 0.1) is 5.82 Å². The molecule has 0 spiro atoms. The molecule has 0 saturated carbocycles. The van der Waals surface area contributed by atoms with Gasteiger partial charge in [0.05, 0.1) is 13.2 Å². The number of hydrogen-bond donors (Lipinski definition) is 1. The van der Waals surface area contributed by atoms with Crippen molar-refractivity contribution in [2.24, 2.45) is 5.73 Å². The van der Waals surface area contributed by atoms with Gasteiger partial charge in [-0.2, -0.15) is 0 Å². The SMILES string of the molecule is Cl.NCCCCCCC(=O)N1CCOC(c2ccccc2F)C1. The summed E-state index contributed by atoms with van der Waals surface area (Å²) in [7, 11) is 0. The van der Waals surface area contributed by atoms with E-state index in [4.69, 9.17) is 10.5 Å². The number of amides is 1. The molecule has 1 aliphatic heterocycles. The molecule has 23 heavy (non-hydrogen) atoms. The van der Waals surface area contributed by atoms with Crippen molar-refractivity contribution >= 4 is 18.3 Å². The lowest BCUT2D eigenvalue weighted by molar-refractivity contribution is -0.139. The summed E-state index contributed by atoms with van der Waals surface area (Å²) >= 11 is 0. The Hall–Kier alpha value is -1.17. The Morgan fingerprint density at radius 3 is 2.74 bits per heavy atom. The summed E-state index contributed by atoms with van der Waals surface area (Å²) in [6.07, 6.45) is 4.20. The first-order chi connectivity index (χ1) is 10.7. The fourth-order valence-corrected chi connectivity index (χ4v) is 2.73. The van der Waals surface area contributed by atoms with Crippen LogP contribution >= 0.6 is 12.4 Å². The van der Waals surface area contributed by atoms with Crippen molar-refractivity contribution in [2.75, 3.05) is 26.2 Å². The summed E-state index contributed by atoms with van der Waals surface area (Å²) in [4.78, 5) is 14.0. The van der Waals surface area contributed by atoms with E-state index in [0.717, 1.165) is 25.7 Å². The minimum atomic E-state index is -0.365. The molecule has 4 nitrogen and oxygen atoms in total. The average molecular weight is 345 g/mol. The van der Waals surface area contributed by atoms with Gasteiger partial charge in [-0.3, -0.25) is 4.79 Å². The zero-order valence-electron chi connectivity index (χ0n) is 13.4. The summed E-state index contributed by atoms with van der Waals surface area (Å²) < 4.78 is 19.5. The number of ether oxygens (including phenoxy) is 1. The van der Waals surface area contributed by atoms with E-state index in [1.54, 1.807) is 23.1 Å². The zero-order chi connectivity index (χ0) is 15.8. The lowest BCUT2D eigenvalue weighted by Gasteiger charge is -2.33. The summed E-state index contributed by atoms with van der Waals surface area (Å²) in [6, 6.07) is 6.60. The van der Waals surface area contributed by atoms with Crippen LogP contribution in [-0.2, 0) is 9.53 Å². The summed E-state index contributed by atoms with van der Waals surface area (Å²) in [6.45, 7) is 2.19. The average Bonchev–Trinajstić information content (AvgIpc) is 2.55. The third-order valence-electron chi connectivity index (χ3n) is 4.02. The fourth-order valence-electron chi connectivity index (χ4n) is 2.73. The first kappa shape index (κ1) is 19.9. The molecule has 1 aliphatic rings. The predicted octanol–water partition coefficient (Wildman–Crippen LogP) is 3.06. The second-order valence-electron chi connectivity index (χ2n) is 5.67. The number of nitrogens with zero attached hydrogens (tertiary/aromatic N) is 1. The van der Waals surface area contributed by atoms with E-state index < -0.39 is 0 Å². The van der Waals surface area contributed by atoms with Gasteiger partial charge >= 0.3 is 0 Å². The molecular formula is C17H26ClFN2O2. The van der Waals surface area contributed by atoms with Gasteiger partial charge in [0.25, 0.3) is 0 Å². The van der Waals surface area contributed by atoms with Crippen LogP contribution in [0.3, 0.4) is 0 Å². The van der Waals surface area contributed by atoms with Crippen molar-refractivity contribution in [1.29, 1.82) is 0 Å². The van der Waals surface area contributed by atoms with Gasteiger partial charge in [0.15, 0.2) is 0 Å². The zero-order valence-corrected chi connectivity index (χ0v) is 14.2. The van der Waals surface area contributed by atoms with Gasteiger partial charge in [0.2, 0.25) is 5.91 Å². The van der Waals surface area contributed by atoms with Crippen LogP contribution in [0.1, 0.15) is 43.8 Å². The van der Waals surface area contributed by atoms with E-state index >= 15 is 0 Å². The van der Waals surface area contributed by atoms with Crippen LogP contribution in [0.2, 0.25) is 0 Å². The minimum Gasteiger partial charge on any atom is -0.370 e. The number of carbonyl (C=O) groups is 1. The second-order valence-corrected chi connectivity index (χ2v) is 5.67. The number of rotatable bonds is 7. The molecule has 1 fully saturated rings. The topological polar surface area (TPSA) is 55.6 Å². The van der Waals surface area contributed by atoms with Crippen LogP contribution in [0.25, 0.3) is 0 Å². The van der Waals surface area contributed by atoms with E-state index in [1.165, 1.54) is 6.07 Å². The number of benzene rings is 1. The molecule has 1 saturated heterocycles. The maximum absolute atomic E-state index is 13.8. The predicted molar refractivity (Wildman–Crippen MR) is 91.1 cm³/mol. The number of nitrogens with two attached hydrogens (primary N) is 1. The molecule has 0 aliphatic carbocycles. The molecule has 130 valence electrons. The number of hydrogen-bond acceptors (Lipinski definition) is 3. The number of morpholine rings is 1. The van der Waals surface area contributed by atoms with Crippen LogP contribution in [0.5, 0.6) is 0 Å². The van der Waals surface area contributed by atoms with Crippen LogP contribution in [0.15, 0.2) is 24.3 Å². The van der Waals surface area contributed by atoms with Gasteiger partial charge in [0.1, 0.15) is 11.9 Å². The number of halogens is 2. The second kappa shape index (κ2) is 10.6. The first-order valence-corrected chi connectivity index (χ1v) is 8.06. The first-order valence-electron chi connectivity index (χ1n) is 8.06. The molecule has 1 heterocycles. The molecule has 0 bridgehead atoms. The summed E-state index contributed by atoms with van der Waals surface area (Å²) in [5.74, 6) is -0.138. The standard InChI is InChI=1S/C17H25FN2O2.ClH/c18-15-8-5-4-7-14(15)16-13-20(11-12-22-16)17(21)9-3-1-2-6-10-19;/h4-5,7-8,16H,1-3,6,9-13,19H2;1H.